The summed E-state index contributed by atoms with van der Waals surface area (Å²) in [5, 5.41) is 10.5. The third-order valence-electron chi connectivity index (χ3n) is 3.96. The van der Waals surface area contributed by atoms with Crippen LogP contribution in [0.1, 0.15) is 63.9 Å². The summed E-state index contributed by atoms with van der Waals surface area (Å²) in [5.74, 6) is 2.84. The summed E-state index contributed by atoms with van der Waals surface area (Å²) < 4.78 is 11.2. The number of guanidine groups is 1. The molecule has 0 amide bonds. The Hall–Kier alpha value is -1.84. The van der Waals surface area contributed by atoms with Gasteiger partial charge in [-0.3, -0.25) is 0 Å². The molecule has 0 radical (unpaired) electrons. The summed E-state index contributed by atoms with van der Waals surface area (Å²) in [4.78, 5) is 9.13. The van der Waals surface area contributed by atoms with Crippen LogP contribution in [0.15, 0.2) is 27.7 Å². The molecule has 0 aliphatic carbocycles. The maximum Gasteiger partial charge on any atom is 0.232 e. The second-order valence-electron chi connectivity index (χ2n) is 7.77. The van der Waals surface area contributed by atoms with Gasteiger partial charge in [0, 0.05) is 17.5 Å². The van der Waals surface area contributed by atoms with Crippen LogP contribution in [0, 0.1) is 6.92 Å². The number of aryl methyl sites for hydroxylation is 1. The maximum atomic E-state index is 5.88. The van der Waals surface area contributed by atoms with E-state index in [0.717, 1.165) is 24.3 Å². The van der Waals surface area contributed by atoms with Gasteiger partial charge in [-0.2, -0.15) is 4.98 Å². The molecule has 0 unspecified atom stereocenters. The highest BCUT2D eigenvalue weighted by Gasteiger charge is 2.21. The van der Waals surface area contributed by atoms with E-state index in [1.165, 1.54) is 5.56 Å². The Balaban J connectivity index is 0.00000420. The molecule has 1 heterocycles. The first-order chi connectivity index (χ1) is 13.3. The van der Waals surface area contributed by atoms with Crippen molar-refractivity contribution in [2.45, 2.75) is 66.5 Å². The average Bonchev–Trinajstić information content (AvgIpc) is 3.13. The van der Waals surface area contributed by atoms with Crippen LogP contribution in [0.25, 0.3) is 0 Å². The number of nitrogens with one attached hydrogen (secondary N) is 2. The molecular formula is C21H34IN5O2. The Kier molecular flexibility index (Phi) is 10.4. The zero-order valence-electron chi connectivity index (χ0n) is 18.3. The fourth-order valence-corrected chi connectivity index (χ4v) is 2.44. The quantitative estimate of drug-likeness (QED) is 0.309. The monoisotopic (exact) mass is 515 g/mol. The number of ether oxygens (including phenoxy) is 1. The van der Waals surface area contributed by atoms with Crippen LogP contribution in [0.3, 0.4) is 0 Å². The van der Waals surface area contributed by atoms with Crippen molar-refractivity contribution in [3.63, 3.8) is 0 Å². The average molecular weight is 515 g/mol. The van der Waals surface area contributed by atoms with E-state index in [0.29, 0.717) is 37.4 Å². The van der Waals surface area contributed by atoms with Crippen LogP contribution >= 0.6 is 24.0 Å². The molecule has 2 rings (SSSR count). The largest absolute Gasteiger partial charge is 0.493 e. The normalized spacial score (nSPS) is 11.7. The van der Waals surface area contributed by atoms with Crippen molar-refractivity contribution >= 4 is 29.9 Å². The van der Waals surface area contributed by atoms with Gasteiger partial charge in [-0.1, -0.05) is 45.0 Å². The summed E-state index contributed by atoms with van der Waals surface area (Å²) in [6.45, 7) is 14.8. The Bertz CT molecular complexity index is 784. The van der Waals surface area contributed by atoms with Crippen LogP contribution in [-0.2, 0) is 18.5 Å². The molecule has 7 nitrogen and oxygen atoms in total. The van der Waals surface area contributed by atoms with Crippen LogP contribution in [0.2, 0.25) is 0 Å². The molecule has 0 fully saturated rings. The Labute approximate surface area is 191 Å². The van der Waals surface area contributed by atoms with Gasteiger partial charge < -0.3 is 19.9 Å². The molecule has 2 aromatic rings. The van der Waals surface area contributed by atoms with Gasteiger partial charge in [0.25, 0.3) is 0 Å². The second-order valence-corrected chi connectivity index (χ2v) is 7.77. The molecule has 0 spiro atoms. The Morgan fingerprint density at radius 1 is 1.21 bits per heavy atom. The predicted molar refractivity (Wildman–Crippen MR) is 127 cm³/mol. The number of hydrogen-bond acceptors (Lipinski definition) is 5. The number of aromatic nitrogens is 2. The molecule has 0 aliphatic rings. The van der Waals surface area contributed by atoms with Crippen LogP contribution < -0.4 is 15.4 Å². The molecule has 0 saturated heterocycles. The first-order valence-electron chi connectivity index (χ1n) is 9.91. The third-order valence-corrected chi connectivity index (χ3v) is 3.96. The minimum absolute atomic E-state index is 0. The SMILES string of the molecule is CCCOc1cc(C)ccc1CN=C(NCC)NCc1noc(C(C)(C)C)n1.I. The van der Waals surface area contributed by atoms with E-state index in [4.69, 9.17) is 9.26 Å². The van der Waals surface area contributed by atoms with Crippen LogP contribution in [-0.4, -0.2) is 29.3 Å². The summed E-state index contributed by atoms with van der Waals surface area (Å²) in [6.07, 6.45) is 0.974. The van der Waals surface area contributed by atoms with Gasteiger partial charge in [0.05, 0.1) is 19.7 Å². The van der Waals surface area contributed by atoms with Gasteiger partial charge in [0.1, 0.15) is 5.75 Å². The Morgan fingerprint density at radius 2 is 1.97 bits per heavy atom. The number of benzene rings is 1. The molecule has 0 aliphatic heterocycles. The zero-order valence-corrected chi connectivity index (χ0v) is 20.7. The number of rotatable bonds is 8. The summed E-state index contributed by atoms with van der Waals surface area (Å²) in [5.41, 5.74) is 2.07. The summed E-state index contributed by atoms with van der Waals surface area (Å²) >= 11 is 0. The van der Waals surface area contributed by atoms with Gasteiger partial charge in [-0.05, 0) is 31.9 Å². The molecule has 29 heavy (non-hydrogen) atoms. The molecular weight excluding hydrogens is 481 g/mol. The van der Waals surface area contributed by atoms with Crippen molar-refractivity contribution in [3.8, 4) is 5.75 Å². The number of halogens is 1. The fourth-order valence-electron chi connectivity index (χ4n) is 2.44. The lowest BCUT2D eigenvalue weighted by atomic mass is 9.97. The van der Waals surface area contributed by atoms with E-state index in [1.807, 2.05) is 27.7 Å². The summed E-state index contributed by atoms with van der Waals surface area (Å²) in [6, 6.07) is 6.22. The zero-order chi connectivity index (χ0) is 20.6. The number of hydrogen-bond donors (Lipinski definition) is 2. The van der Waals surface area contributed by atoms with Gasteiger partial charge in [-0.25, -0.2) is 4.99 Å². The third kappa shape index (κ3) is 8.20. The van der Waals surface area contributed by atoms with Crippen LogP contribution in [0.5, 0.6) is 5.75 Å². The molecule has 162 valence electrons. The van der Waals surface area contributed by atoms with E-state index in [-0.39, 0.29) is 29.4 Å². The smallest absolute Gasteiger partial charge is 0.232 e. The molecule has 8 heteroatoms. The minimum atomic E-state index is -0.163. The lowest BCUT2D eigenvalue weighted by Crippen LogP contribution is -2.37. The molecule has 0 atom stereocenters. The van der Waals surface area contributed by atoms with Crippen molar-refractivity contribution in [2.24, 2.45) is 4.99 Å². The first-order valence-corrected chi connectivity index (χ1v) is 9.91. The van der Waals surface area contributed by atoms with Gasteiger partial charge in [0.15, 0.2) is 11.8 Å². The van der Waals surface area contributed by atoms with Gasteiger partial charge in [-0.15, -0.1) is 24.0 Å². The van der Waals surface area contributed by atoms with Crippen molar-refractivity contribution in [1.29, 1.82) is 0 Å². The second kappa shape index (κ2) is 12.0. The summed E-state index contributed by atoms with van der Waals surface area (Å²) in [7, 11) is 0. The first kappa shape index (κ1) is 25.2. The fraction of sp³-hybridized carbons (Fsp3) is 0.571. The molecule has 2 N–H and O–H groups in total. The molecule has 1 aromatic heterocycles. The number of nitrogens with zero attached hydrogens (tertiary/aromatic N) is 3. The highest BCUT2D eigenvalue weighted by atomic mass is 127. The predicted octanol–water partition coefficient (Wildman–Crippen LogP) is 4.34. The van der Waals surface area contributed by atoms with E-state index < -0.39 is 0 Å². The van der Waals surface area contributed by atoms with Crippen molar-refractivity contribution in [3.05, 3.63) is 41.0 Å². The topological polar surface area (TPSA) is 84.6 Å². The molecule has 1 aromatic carbocycles. The molecule has 0 bridgehead atoms. The highest BCUT2D eigenvalue weighted by molar-refractivity contribution is 14.0. The van der Waals surface area contributed by atoms with E-state index in [9.17, 15) is 0 Å². The van der Waals surface area contributed by atoms with Crippen molar-refractivity contribution < 1.29 is 9.26 Å². The Morgan fingerprint density at radius 3 is 2.59 bits per heavy atom. The van der Waals surface area contributed by atoms with Gasteiger partial charge >= 0.3 is 0 Å². The van der Waals surface area contributed by atoms with E-state index in [2.05, 4.69) is 57.8 Å². The standard InChI is InChI=1S/C21H33N5O2.HI/c1-7-11-27-17-12-15(3)9-10-16(17)13-23-20(22-8-2)24-14-18-25-19(28-26-18)21(4,5)6;/h9-10,12H,7-8,11,13-14H2,1-6H3,(H2,22,23,24);1H. The highest BCUT2D eigenvalue weighted by Crippen LogP contribution is 2.22. The van der Waals surface area contributed by atoms with E-state index >= 15 is 0 Å². The maximum absolute atomic E-state index is 5.88. The van der Waals surface area contributed by atoms with E-state index in [1.54, 1.807) is 0 Å². The molecule has 0 saturated carbocycles. The van der Waals surface area contributed by atoms with Gasteiger partial charge in [0.2, 0.25) is 5.89 Å². The van der Waals surface area contributed by atoms with Crippen molar-refractivity contribution in [2.75, 3.05) is 13.2 Å². The van der Waals surface area contributed by atoms with Crippen molar-refractivity contribution in [1.82, 2.24) is 20.8 Å². The minimum Gasteiger partial charge on any atom is -0.493 e. The lowest BCUT2D eigenvalue weighted by Gasteiger charge is -2.13. The lowest BCUT2D eigenvalue weighted by molar-refractivity contribution is 0.314. The van der Waals surface area contributed by atoms with Crippen LogP contribution in [0.4, 0.5) is 0 Å². The number of aliphatic imine (C=N–C) groups is 1.